The molecule has 0 bridgehead atoms. The molecule has 0 unspecified atom stereocenters. The predicted molar refractivity (Wildman–Crippen MR) is 132 cm³/mol. The van der Waals surface area contributed by atoms with Crippen molar-refractivity contribution in [2.75, 3.05) is 5.32 Å². The van der Waals surface area contributed by atoms with Gasteiger partial charge in [-0.05, 0) is 78.4 Å². The Morgan fingerprint density at radius 3 is 2.16 bits per heavy atom. The van der Waals surface area contributed by atoms with E-state index in [4.69, 9.17) is 4.74 Å². The molecule has 184 valence electrons. The normalized spacial score (nSPS) is 10.8. The third kappa shape index (κ3) is 5.67. The summed E-state index contributed by atoms with van der Waals surface area (Å²) in [5.74, 6) is -1.25. The number of halogens is 3. The van der Waals surface area contributed by atoms with Crippen LogP contribution in [0.2, 0.25) is 0 Å². The maximum Gasteiger partial charge on any atom is 0.336 e. The van der Waals surface area contributed by atoms with E-state index in [2.05, 4.69) is 15.4 Å². The summed E-state index contributed by atoms with van der Waals surface area (Å²) in [5.41, 5.74) is 2.63. The lowest BCUT2D eigenvalue weighted by Crippen LogP contribution is -2.11. The van der Waals surface area contributed by atoms with Crippen molar-refractivity contribution in [1.82, 2.24) is 14.8 Å². The topological polar surface area (TPSA) is 69.0 Å². The molecule has 1 N–H and O–H groups in total. The molecule has 0 aliphatic heterocycles. The Hall–Kier alpha value is -4.92. The third-order valence-electron chi connectivity index (χ3n) is 5.43. The van der Waals surface area contributed by atoms with Gasteiger partial charge in [0.25, 0.3) is 5.91 Å². The van der Waals surface area contributed by atoms with E-state index in [9.17, 15) is 18.0 Å². The van der Waals surface area contributed by atoms with Crippen molar-refractivity contribution in [2.45, 2.75) is 6.61 Å². The standard InChI is InChI=1S/C28H19F3N4O2/c29-21-8-4-18(5-9-21)17-37-28-33-26(20-2-1-3-23(31)16-20)35(34-28)25-14-12-24(13-15-25)32-27(36)19-6-10-22(30)11-7-19/h1-16H,17H2,(H,32,36). The van der Waals surface area contributed by atoms with Gasteiger partial charge in [-0.15, -0.1) is 5.10 Å². The van der Waals surface area contributed by atoms with Crippen LogP contribution >= 0.6 is 0 Å². The molecule has 0 saturated heterocycles. The Balaban J connectivity index is 1.40. The van der Waals surface area contributed by atoms with Crippen molar-refractivity contribution in [3.8, 4) is 23.1 Å². The van der Waals surface area contributed by atoms with Gasteiger partial charge in [0, 0.05) is 16.8 Å². The van der Waals surface area contributed by atoms with E-state index < -0.39 is 11.6 Å². The highest BCUT2D eigenvalue weighted by molar-refractivity contribution is 6.04. The highest BCUT2D eigenvalue weighted by Gasteiger charge is 2.16. The molecule has 9 heteroatoms. The molecular weight excluding hydrogens is 481 g/mol. The molecule has 0 atom stereocenters. The number of anilines is 1. The quantitative estimate of drug-likeness (QED) is 0.290. The summed E-state index contributed by atoms with van der Waals surface area (Å²) in [4.78, 5) is 16.9. The maximum atomic E-state index is 14.0. The van der Waals surface area contributed by atoms with Gasteiger partial charge in [0.2, 0.25) is 0 Å². The molecule has 6 nitrogen and oxygen atoms in total. The van der Waals surface area contributed by atoms with Gasteiger partial charge in [-0.1, -0.05) is 24.3 Å². The van der Waals surface area contributed by atoms with E-state index in [0.29, 0.717) is 28.3 Å². The van der Waals surface area contributed by atoms with E-state index in [1.165, 1.54) is 53.2 Å². The molecule has 1 aromatic heterocycles. The van der Waals surface area contributed by atoms with E-state index in [1.54, 1.807) is 48.5 Å². The smallest absolute Gasteiger partial charge is 0.336 e. The zero-order valence-electron chi connectivity index (χ0n) is 19.2. The van der Waals surface area contributed by atoms with Gasteiger partial charge < -0.3 is 10.1 Å². The fraction of sp³-hybridized carbons (Fsp3) is 0.0357. The van der Waals surface area contributed by atoms with Crippen molar-refractivity contribution in [3.05, 3.63) is 126 Å². The van der Waals surface area contributed by atoms with Crippen molar-refractivity contribution in [2.24, 2.45) is 0 Å². The molecule has 1 amide bonds. The Bertz CT molecular complexity index is 1530. The summed E-state index contributed by atoms with van der Waals surface area (Å²) in [7, 11) is 0. The summed E-state index contributed by atoms with van der Waals surface area (Å²) in [5, 5.41) is 7.18. The highest BCUT2D eigenvalue weighted by atomic mass is 19.1. The van der Waals surface area contributed by atoms with Crippen LogP contribution in [0, 0.1) is 17.5 Å². The lowest BCUT2D eigenvalue weighted by atomic mass is 10.2. The summed E-state index contributed by atoms with van der Waals surface area (Å²) in [6, 6.07) is 23.8. The molecular formula is C28H19F3N4O2. The molecule has 0 fully saturated rings. The molecule has 37 heavy (non-hydrogen) atoms. The SMILES string of the molecule is O=C(Nc1ccc(-n2nc(OCc3ccc(F)cc3)nc2-c2cccc(F)c2)cc1)c1ccc(F)cc1. The van der Waals surface area contributed by atoms with Crippen LogP contribution in [-0.4, -0.2) is 20.7 Å². The number of nitrogens with one attached hydrogen (secondary N) is 1. The first-order valence-corrected chi connectivity index (χ1v) is 11.2. The minimum Gasteiger partial charge on any atom is -0.457 e. The molecule has 5 aromatic rings. The van der Waals surface area contributed by atoms with Crippen molar-refractivity contribution in [3.63, 3.8) is 0 Å². The van der Waals surface area contributed by atoms with E-state index in [-0.39, 0.29) is 24.3 Å². The lowest BCUT2D eigenvalue weighted by Gasteiger charge is -2.09. The van der Waals surface area contributed by atoms with Gasteiger partial charge >= 0.3 is 6.01 Å². The van der Waals surface area contributed by atoms with Gasteiger partial charge in [-0.3, -0.25) is 4.79 Å². The summed E-state index contributed by atoms with van der Waals surface area (Å²) in [6.45, 7) is 0.112. The van der Waals surface area contributed by atoms with Crippen molar-refractivity contribution < 1.29 is 22.7 Å². The van der Waals surface area contributed by atoms with Crippen LogP contribution < -0.4 is 10.1 Å². The zero-order valence-corrected chi connectivity index (χ0v) is 19.2. The van der Waals surface area contributed by atoms with E-state index >= 15 is 0 Å². The predicted octanol–water partition coefficient (Wildman–Crippen LogP) is 6.18. The van der Waals surface area contributed by atoms with Gasteiger partial charge in [-0.2, -0.15) is 4.98 Å². The highest BCUT2D eigenvalue weighted by Crippen LogP contribution is 2.25. The van der Waals surface area contributed by atoms with Crippen LogP contribution in [0.25, 0.3) is 17.1 Å². The minimum atomic E-state index is -0.431. The monoisotopic (exact) mass is 500 g/mol. The molecule has 0 saturated carbocycles. The average Bonchev–Trinajstić information content (AvgIpc) is 3.33. The van der Waals surface area contributed by atoms with Gasteiger partial charge in [0.1, 0.15) is 24.1 Å². The van der Waals surface area contributed by atoms with Crippen LogP contribution in [0.5, 0.6) is 6.01 Å². The summed E-state index contributed by atoms with van der Waals surface area (Å²) < 4.78 is 47.5. The first kappa shape index (κ1) is 23.8. The Morgan fingerprint density at radius 1 is 0.811 bits per heavy atom. The number of nitrogens with zero attached hydrogens (tertiary/aromatic N) is 3. The third-order valence-corrected chi connectivity index (χ3v) is 5.43. The second kappa shape index (κ2) is 10.4. The van der Waals surface area contributed by atoms with Gasteiger partial charge in [0.15, 0.2) is 5.82 Å². The Labute approximate surface area is 210 Å². The van der Waals surface area contributed by atoms with Gasteiger partial charge in [-0.25, -0.2) is 17.9 Å². The maximum absolute atomic E-state index is 14.0. The molecule has 4 aromatic carbocycles. The Kier molecular flexibility index (Phi) is 6.67. The second-order valence-electron chi connectivity index (χ2n) is 8.06. The number of rotatable bonds is 7. The van der Waals surface area contributed by atoms with Crippen LogP contribution in [0.15, 0.2) is 97.1 Å². The second-order valence-corrected chi connectivity index (χ2v) is 8.06. The van der Waals surface area contributed by atoms with Crippen LogP contribution in [-0.2, 0) is 6.61 Å². The number of ether oxygens (including phenoxy) is 1. The number of aromatic nitrogens is 3. The first-order valence-electron chi connectivity index (χ1n) is 11.2. The van der Waals surface area contributed by atoms with E-state index in [0.717, 1.165) is 5.56 Å². The minimum absolute atomic E-state index is 0.0530. The van der Waals surface area contributed by atoms with Crippen LogP contribution in [0.4, 0.5) is 18.9 Å². The fourth-order valence-electron chi connectivity index (χ4n) is 3.57. The number of amides is 1. The molecule has 1 heterocycles. The average molecular weight is 500 g/mol. The van der Waals surface area contributed by atoms with Crippen molar-refractivity contribution >= 4 is 11.6 Å². The Morgan fingerprint density at radius 2 is 1.49 bits per heavy atom. The van der Waals surface area contributed by atoms with Crippen LogP contribution in [0.3, 0.4) is 0 Å². The van der Waals surface area contributed by atoms with E-state index in [1.807, 2.05) is 0 Å². The number of benzene rings is 4. The van der Waals surface area contributed by atoms with Crippen molar-refractivity contribution in [1.29, 1.82) is 0 Å². The largest absolute Gasteiger partial charge is 0.457 e. The number of hydrogen-bond donors (Lipinski definition) is 1. The number of carbonyl (C=O) groups is 1. The molecule has 0 spiro atoms. The van der Waals surface area contributed by atoms with Gasteiger partial charge in [0.05, 0.1) is 5.69 Å². The molecule has 0 radical (unpaired) electrons. The zero-order chi connectivity index (χ0) is 25.8. The number of hydrogen-bond acceptors (Lipinski definition) is 4. The lowest BCUT2D eigenvalue weighted by molar-refractivity contribution is 0.102. The molecule has 0 aliphatic carbocycles. The first-order chi connectivity index (χ1) is 17.9. The molecule has 0 aliphatic rings. The molecule has 5 rings (SSSR count). The fourth-order valence-corrected chi connectivity index (χ4v) is 3.57. The summed E-state index contributed by atoms with van der Waals surface area (Å²) in [6.07, 6.45) is 0. The van der Waals surface area contributed by atoms with Crippen LogP contribution in [0.1, 0.15) is 15.9 Å². The number of carbonyl (C=O) groups excluding carboxylic acids is 1. The summed E-state index contributed by atoms with van der Waals surface area (Å²) >= 11 is 0.